The number of methoxy groups -OCH3 is 2. The van der Waals surface area contributed by atoms with Gasteiger partial charge in [0.1, 0.15) is 16.0 Å². The minimum absolute atomic E-state index is 0.179. The average Bonchev–Trinajstić information content (AvgIpc) is 3.04. The predicted octanol–water partition coefficient (Wildman–Crippen LogP) is 3.70. The Morgan fingerprint density at radius 2 is 1.84 bits per heavy atom. The van der Waals surface area contributed by atoms with Crippen LogP contribution < -0.4 is 9.47 Å². The predicted molar refractivity (Wildman–Crippen MR) is 75.9 cm³/mol. The van der Waals surface area contributed by atoms with Crippen LogP contribution in [-0.4, -0.2) is 20.0 Å². The van der Waals surface area contributed by atoms with Crippen LogP contribution in [0.5, 0.6) is 11.5 Å². The van der Waals surface area contributed by atoms with Crippen molar-refractivity contribution < 1.29 is 14.3 Å². The molecule has 2 aliphatic carbocycles. The first-order chi connectivity index (χ1) is 9.15. The van der Waals surface area contributed by atoms with Crippen LogP contribution in [0.4, 0.5) is 0 Å². The highest BCUT2D eigenvalue weighted by atomic mass is 79.9. The molecule has 0 saturated heterocycles. The molecule has 0 aliphatic heterocycles. The van der Waals surface area contributed by atoms with Crippen molar-refractivity contribution in [3.8, 4) is 11.5 Å². The maximum Gasteiger partial charge on any atom is 0.169 e. The number of Topliss-reactive ketones (excluding diaryl/α,β-unsaturated/α-hetero) is 1. The maximum absolute atomic E-state index is 12.6. The SMILES string of the molecule is COc1ccc(C(=O)C2CC3CC3C2)c(OC)c1Br. The molecule has 2 atom stereocenters. The standard InChI is InChI=1S/C15H17BrO3/c1-18-12-4-3-11(15(19-2)13(12)16)14(17)10-6-8-5-9(8)7-10/h3-4,8-10H,5-7H2,1-2H3. The smallest absolute Gasteiger partial charge is 0.169 e. The third kappa shape index (κ3) is 2.16. The van der Waals surface area contributed by atoms with Crippen molar-refractivity contribution in [3.63, 3.8) is 0 Å². The normalized spacial score (nSPS) is 27.8. The van der Waals surface area contributed by atoms with E-state index in [1.807, 2.05) is 12.1 Å². The largest absolute Gasteiger partial charge is 0.495 e. The minimum atomic E-state index is 0.179. The van der Waals surface area contributed by atoms with Crippen molar-refractivity contribution in [1.29, 1.82) is 0 Å². The fourth-order valence-corrected chi connectivity index (χ4v) is 3.91. The minimum Gasteiger partial charge on any atom is -0.495 e. The van der Waals surface area contributed by atoms with Crippen molar-refractivity contribution in [2.24, 2.45) is 17.8 Å². The van der Waals surface area contributed by atoms with Gasteiger partial charge in [-0.2, -0.15) is 0 Å². The highest BCUT2D eigenvalue weighted by Crippen LogP contribution is 2.55. The first-order valence-corrected chi connectivity index (χ1v) is 7.39. The van der Waals surface area contributed by atoms with Crippen molar-refractivity contribution in [3.05, 3.63) is 22.2 Å². The van der Waals surface area contributed by atoms with E-state index >= 15 is 0 Å². The van der Waals surface area contributed by atoms with Gasteiger partial charge in [-0.1, -0.05) is 0 Å². The molecule has 0 spiro atoms. The van der Waals surface area contributed by atoms with Crippen LogP contribution in [0.1, 0.15) is 29.6 Å². The summed E-state index contributed by atoms with van der Waals surface area (Å²) in [7, 11) is 3.19. The van der Waals surface area contributed by atoms with Crippen LogP contribution in [0.3, 0.4) is 0 Å². The monoisotopic (exact) mass is 324 g/mol. The van der Waals surface area contributed by atoms with Gasteiger partial charge in [0.15, 0.2) is 5.78 Å². The highest BCUT2D eigenvalue weighted by Gasteiger charge is 2.48. The Labute approximate surface area is 121 Å². The molecule has 0 bridgehead atoms. The zero-order valence-electron chi connectivity index (χ0n) is 11.1. The third-order valence-corrected chi connectivity index (χ3v) is 5.12. The molecule has 2 unspecified atom stereocenters. The molecule has 3 rings (SSSR count). The molecule has 0 radical (unpaired) electrons. The molecule has 2 saturated carbocycles. The number of fused-ring (bicyclic) bond motifs is 1. The Hall–Kier alpha value is -1.03. The van der Waals surface area contributed by atoms with Gasteiger partial charge in [0, 0.05) is 5.92 Å². The summed E-state index contributed by atoms with van der Waals surface area (Å²) in [5, 5.41) is 0. The van der Waals surface area contributed by atoms with E-state index in [0.717, 1.165) is 24.7 Å². The van der Waals surface area contributed by atoms with E-state index in [1.54, 1.807) is 14.2 Å². The number of carbonyl (C=O) groups excluding carboxylic acids is 1. The summed E-state index contributed by atoms with van der Waals surface area (Å²) in [6.07, 6.45) is 3.43. The van der Waals surface area contributed by atoms with Crippen LogP contribution in [0.15, 0.2) is 16.6 Å². The van der Waals surface area contributed by atoms with Gasteiger partial charge in [-0.25, -0.2) is 0 Å². The van der Waals surface area contributed by atoms with Crippen LogP contribution in [-0.2, 0) is 0 Å². The topological polar surface area (TPSA) is 35.5 Å². The fraction of sp³-hybridized carbons (Fsp3) is 0.533. The number of hydrogen-bond donors (Lipinski definition) is 0. The third-order valence-electron chi connectivity index (χ3n) is 4.37. The van der Waals surface area contributed by atoms with Gasteiger partial charge in [0.2, 0.25) is 0 Å². The number of benzene rings is 1. The Balaban J connectivity index is 1.91. The first kappa shape index (κ1) is 13.0. The Bertz CT molecular complexity index is 516. The maximum atomic E-state index is 12.6. The van der Waals surface area contributed by atoms with Crippen molar-refractivity contribution in [1.82, 2.24) is 0 Å². The number of rotatable bonds is 4. The molecule has 0 N–H and O–H groups in total. The summed E-state index contributed by atoms with van der Waals surface area (Å²) in [4.78, 5) is 12.6. The summed E-state index contributed by atoms with van der Waals surface area (Å²) < 4.78 is 11.3. The molecule has 3 nitrogen and oxygen atoms in total. The fourth-order valence-electron chi connectivity index (χ4n) is 3.24. The summed E-state index contributed by atoms with van der Waals surface area (Å²) in [6, 6.07) is 3.63. The van der Waals surface area contributed by atoms with Crippen molar-refractivity contribution in [2.75, 3.05) is 14.2 Å². The second-order valence-corrected chi connectivity index (χ2v) is 6.24. The number of ketones is 1. The number of halogens is 1. The van der Waals surface area contributed by atoms with Crippen molar-refractivity contribution in [2.45, 2.75) is 19.3 Å². The van der Waals surface area contributed by atoms with Crippen LogP contribution in [0.25, 0.3) is 0 Å². The Morgan fingerprint density at radius 1 is 1.16 bits per heavy atom. The zero-order valence-corrected chi connectivity index (χ0v) is 12.7. The average molecular weight is 325 g/mol. The molecule has 19 heavy (non-hydrogen) atoms. The second kappa shape index (κ2) is 4.82. The van der Waals surface area contributed by atoms with Crippen LogP contribution in [0.2, 0.25) is 0 Å². The molecular formula is C15H17BrO3. The van der Waals surface area contributed by atoms with Crippen LogP contribution in [0, 0.1) is 17.8 Å². The van der Waals surface area contributed by atoms with Gasteiger partial charge in [0.25, 0.3) is 0 Å². The van der Waals surface area contributed by atoms with Gasteiger partial charge >= 0.3 is 0 Å². The van der Waals surface area contributed by atoms with Crippen molar-refractivity contribution >= 4 is 21.7 Å². The number of carbonyl (C=O) groups is 1. The zero-order chi connectivity index (χ0) is 13.6. The Kier molecular flexibility index (Phi) is 3.29. The second-order valence-electron chi connectivity index (χ2n) is 5.45. The molecule has 1 aromatic carbocycles. The summed E-state index contributed by atoms with van der Waals surface area (Å²) in [5.41, 5.74) is 0.668. The lowest BCUT2D eigenvalue weighted by Crippen LogP contribution is -2.14. The molecule has 0 amide bonds. The lowest BCUT2D eigenvalue weighted by Gasteiger charge is -2.16. The van der Waals surface area contributed by atoms with E-state index in [-0.39, 0.29) is 11.7 Å². The molecule has 4 heteroatoms. The lowest BCUT2D eigenvalue weighted by molar-refractivity contribution is 0.0911. The van der Waals surface area contributed by atoms with E-state index in [4.69, 9.17) is 9.47 Å². The van der Waals surface area contributed by atoms with E-state index in [9.17, 15) is 4.79 Å². The molecule has 1 aromatic rings. The van der Waals surface area contributed by atoms with E-state index in [0.29, 0.717) is 21.5 Å². The van der Waals surface area contributed by atoms with Crippen LogP contribution >= 0.6 is 15.9 Å². The number of ether oxygens (including phenoxy) is 2. The highest BCUT2D eigenvalue weighted by molar-refractivity contribution is 9.10. The van der Waals surface area contributed by atoms with Gasteiger partial charge in [-0.15, -0.1) is 0 Å². The molecular weight excluding hydrogens is 308 g/mol. The molecule has 2 aliphatic rings. The number of hydrogen-bond acceptors (Lipinski definition) is 3. The lowest BCUT2D eigenvalue weighted by atomic mass is 9.92. The van der Waals surface area contributed by atoms with Gasteiger partial charge in [-0.3, -0.25) is 4.79 Å². The van der Waals surface area contributed by atoms with E-state index in [2.05, 4.69) is 15.9 Å². The molecule has 0 heterocycles. The molecule has 102 valence electrons. The molecule has 0 aromatic heterocycles. The molecule has 2 fully saturated rings. The van der Waals surface area contributed by atoms with E-state index < -0.39 is 0 Å². The quantitative estimate of drug-likeness (QED) is 0.792. The van der Waals surface area contributed by atoms with Gasteiger partial charge in [-0.05, 0) is 59.2 Å². The van der Waals surface area contributed by atoms with E-state index in [1.165, 1.54) is 6.42 Å². The van der Waals surface area contributed by atoms with Gasteiger partial charge < -0.3 is 9.47 Å². The summed E-state index contributed by atoms with van der Waals surface area (Å²) in [5.74, 6) is 3.28. The summed E-state index contributed by atoms with van der Waals surface area (Å²) in [6.45, 7) is 0. The Morgan fingerprint density at radius 3 is 2.42 bits per heavy atom. The summed E-state index contributed by atoms with van der Waals surface area (Å²) >= 11 is 3.45. The van der Waals surface area contributed by atoms with Gasteiger partial charge in [0.05, 0.1) is 19.8 Å². The first-order valence-electron chi connectivity index (χ1n) is 6.60.